The first-order valence-corrected chi connectivity index (χ1v) is 5.77. The molecule has 0 saturated carbocycles. The zero-order valence-corrected chi connectivity index (χ0v) is 10.4. The van der Waals surface area contributed by atoms with Crippen molar-refractivity contribution in [2.24, 2.45) is 14.1 Å². The topological polar surface area (TPSA) is 9.86 Å². The largest absolute Gasteiger partial charge is 0.324 e. The van der Waals surface area contributed by atoms with Crippen molar-refractivity contribution < 1.29 is 0 Å². The zero-order chi connectivity index (χ0) is 10.7. The summed E-state index contributed by atoms with van der Waals surface area (Å²) in [7, 11) is 4.15. The molecule has 1 aromatic rings. The molecule has 0 amide bonds. The van der Waals surface area contributed by atoms with E-state index in [0.717, 1.165) is 17.6 Å². The number of hydrogen-bond acceptors (Lipinski definition) is 1. The van der Waals surface area contributed by atoms with Gasteiger partial charge >= 0.3 is 0 Å². The highest BCUT2D eigenvalue weighted by molar-refractivity contribution is 7.71. The summed E-state index contributed by atoms with van der Waals surface area (Å²) in [5.41, 5.74) is 2.84. The highest BCUT2D eigenvalue weighted by atomic mass is 32.1. The fourth-order valence-corrected chi connectivity index (χ4v) is 2.16. The van der Waals surface area contributed by atoms with Crippen molar-refractivity contribution in [3.05, 3.63) is 16.2 Å². The Labute approximate surface area is 91.6 Å². The van der Waals surface area contributed by atoms with Crippen LogP contribution in [0.3, 0.4) is 0 Å². The van der Waals surface area contributed by atoms with Crippen LogP contribution in [0.4, 0.5) is 0 Å². The van der Waals surface area contributed by atoms with Gasteiger partial charge in [-0.1, -0.05) is 26.7 Å². The molecule has 0 aliphatic heterocycles. The minimum absolute atomic E-state index is 0.942. The van der Waals surface area contributed by atoms with Gasteiger partial charge in [-0.15, -0.1) is 0 Å². The van der Waals surface area contributed by atoms with Crippen LogP contribution in [0.1, 0.15) is 38.1 Å². The first-order valence-electron chi connectivity index (χ1n) is 5.36. The van der Waals surface area contributed by atoms with E-state index in [-0.39, 0.29) is 0 Å². The third kappa shape index (κ3) is 1.92. The molecule has 0 N–H and O–H groups in total. The van der Waals surface area contributed by atoms with Crippen molar-refractivity contribution in [2.45, 2.75) is 39.5 Å². The Balaban J connectivity index is 3.22. The van der Waals surface area contributed by atoms with E-state index < -0.39 is 0 Å². The molecule has 80 valence electrons. The molecule has 14 heavy (non-hydrogen) atoms. The van der Waals surface area contributed by atoms with Crippen molar-refractivity contribution in [1.82, 2.24) is 9.13 Å². The number of nitrogens with zero attached hydrogens (tertiary/aromatic N) is 2. The summed E-state index contributed by atoms with van der Waals surface area (Å²) in [6, 6.07) is 0. The third-order valence-corrected chi connectivity index (χ3v) is 3.24. The van der Waals surface area contributed by atoms with Crippen molar-refractivity contribution in [1.29, 1.82) is 0 Å². The maximum atomic E-state index is 5.36. The lowest BCUT2D eigenvalue weighted by Crippen LogP contribution is -2.00. The fourth-order valence-electron chi connectivity index (χ4n) is 1.94. The minimum atomic E-state index is 0.942. The molecular formula is C11H20N2S. The predicted octanol–water partition coefficient (Wildman–Crippen LogP) is 3.00. The second-order valence-corrected chi connectivity index (χ2v) is 4.16. The molecular weight excluding hydrogens is 192 g/mol. The molecule has 0 atom stereocenters. The van der Waals surface area contributed by atoms with E-state index in [1.807, 2.05) is 0 Å². The van der Waals surface area contributed by atoms with Crippen LogP contribution in [0.5, 0.6) is 0 Å². The van der Waals surface area contributed by atoms with E-state index in [1.54, 1.807) is 0 Å². The van der Waals surface area contributed by atoms with Crippen LogP contribution < -0.4 is 0 Å². The van der Waals surface area contributed by atoms with Crippen molar-refractivity contribution in [2.75, 3.05) is 0 Å². The molecule has 0 radical (unpaired) electrons. The molecule has 0 unspecified atom stereocenters. The monoisotopic (exact) mass is 212 g/mol. The van der Waals surface area contributed by atoms with E-state index in [4.69, 9.17) is 12.2 Å². The number of imidazole rings is 1. The Morgan fingerprint density at radius 1 is 0.929 bits per heavy atom. The second kappa shape index (κ2) is 4.78. The van der Waals surface area contributed by atoms with Crippen LogP contribution in [0.2, 0.25) is 0 Å². The van der Waals surface area contributed by atoms with E-state index in [2.05, 4.69) is 37.1 Å². The molecule has 0 aliphatic rings. The summed E-state index contributed by atoms with van der Waals surface area (Å²) in [6.07, 6.45) is 4.64. The van der Waals surface area contributed by atoms with Gasteiger partial charge < -0.3 is 9.13 Å². The summed E-state index contributed by atoms with van der Waals surface area (Å²) < 4.78 is 5.25. The standard InChI is InChI=1S/C11H20N2S/c1-5-7-9-10(8-6-2)13(4)11(14)12(9)3/h5-8H2,1-4H3. The van der Waals surface area contributed by atoms with Gasteiger partial charge in [0.05, 0.1) is 0 Å². The molecule has 1 heterocycles. The molecule has 0 fully saturated rings. The van der Waals surface area contributed by atoms with Crippen LogP contribution in [-0.2, 0) is 26.9 Å². The normalized spacial score (nSPS) is 10.9. The molecule has 0 saturated heterocycles. The number of aromatic nitrogens is 2. The SMILES string of the molecule is CCCc1c(CCC)n(C)c(=S)n1C. The lowest BCUT2D eigenvalue weighted by atomic mass is 10.1. The van der Waals surface area contributed by atoms with Crippen LogP contribution in [0.25, 0.3) is 0 Å². The quantitative estimate of drug-likeness (QED) is 0.698. The van der Waals surface area contributed by atoms with Gasteiger partial charge in [0.15, 0.2) is 4.77 Å². The van der Waals surface area contributed by atoms with Crippen LogP contribution in [0.15, 0.2) is 0 Å². The molecule has 0 aromatic carbocycles. The average molecular weight is 212 g/mol. The highest BCUT2D eigenvalue weighted by Gasteiger charge is 2.10. The first-order chi connectivity index (χ1) is 6.63. The molecule has 0 spiro atoms. The average Bonchev–Trinajstić information content (AvgIpc) is 2.36. The molecule has 1 rings (SSSR count). The van der Waals surface area contributed by atoms with Gasteiger partial charge in [-0.05, 0) is 25.1 Å². The Morgan fingerprint density at radius 3 is 1.57 bits per heavy atom. The van der Waals surface area contributed by atoms with Crippen LogP contribution in [0, 0.1) is 4.77 Å². The summed E-state index contributed by atoms with van der Waals surface area (Å²) in [5.74, 6) is 0. The highest BCUT2D eigenvalue weighted by Crippen LogP contribution is 2.15. The summed E-state index contributed by atoms with van der Waals surface area (Å²) >= 11 is 5.36. The van der Waals surface area contributed by atoms with Gasteiger partial charge in [-0.2, -0.15) is 0 Å². The first kappa shape index (κ1) is 11.5. The molecule has 3 heteroatoms. The second-order valence-electron chi connectivity index (χ2n) is 3.79. The van der Waals surface area contributed by atoms with Crippen LogP contribution in [-0.4, -0.2) is 9.13 Å². The number of hydrogen-bond donors (Lipinski definition) is 0. The van der Waals surface area contributed by atoms with E-state index in [0.29, 0.717) is 0 Å². The predicted molar refractivity (Wildman–Crippen MR) is 63.2 cm³/mol. The fraction of sp³-hybridized carbons (Fsp3) is 0.727. The Kier molecular flexibility index (Phi) is 3.93. The summed E-state index contributed by atoms with van der Waals surface area (Å²) in [5, 5.41) is 0. The smallest absolute Gasteiger partial charge is 0.179 e. The van der Waals surface area contributed by atoms with Gasteiger partial charge in [-0.3, -0.25) is 0 Å². The lowest BCUT2D eigenvalue weighted by Gasteiger charge is -2.05. The van der Waals surface area contributed by atoms with Crippen molar-refractivity contribution in [3.8, 4) is 0 Å². The Bertz CT molecular complexity index is 328. The maximum Gasteiger partial charge on any atom is 0.179 e. The molecule has 0 aliphatic carbocycles. The minimum Gasteiger partial charge on any atom is -0.324 e. The van der Waals surface area contributed by atoms with E-state index >= 15 is 0 Å². The van der Waals surface area contributed by atoms with Gasteiger partial charge in [0, 0.05) is 25.5 Å². The van der Waals surface area contributed by atoms with E-state index in [1.165, 1.54) is 24.2 Å². The zero-order valence-electron chi connectivity index (χ0n) is 9.63. The van der Waals surface area contributed by atoms with Crippen molar-refractivity contribution in [3.63, 3.8) is 0 Å². The Morgan fingerprint density at radius 2 is 1.29 bits per heavy atom. The Hall–Kier alpha value is -0.570. The van der Waals surface area contributed by atoms with Gasteiger partial charge in [0.2, 0.25) is 0 Å². The van der Waals surface area contributed by atoms with E-state index in [9.17, 15) is 0 Å². The van der Waals surface area contributed by atoms with Gasteiger partial charge in [0.1, 0.15) is 0 Å². The summed E-state index contributed by atoms with van der Waals surface area (Å²) in [4.78, 5) is 0. The maximum absolute atomic E-state index is 5.36. The van der Waals surface area contributed by atoms with Crippen LogP contribution >= 0.6 is 12.2 Å². The van der Waals surface area contributed by atoms with Gasteiger partial charge in [0.25, 0.3) is 0 Å². The van der Waals surface area contributed by atoms with Gasteiger partial charge in [-0.25, -0.2) is 0 Å². The molecule has 0 bridgehead atoms. The van der Waals surface area contributed by atoms with Crippen molar-refractivity contribution >= 4 is 12.2 Å². The molecule has 2 nitrogen and oxygen atoms in total. The lowest BCUT2D eigenvalue weighted by molar-refractivity contribution is 0.759. The molecule has 1 aromatic heterocycles. The number of rotatable bonds is 4. The third-order valence-electron chi connectivity index (χ3n) is 2.69. The summed E-state index contributed by atoms with van der Waals surface area (Å²) in [6.45, 7) is 4.43.